The maximum atomic E-state index is 2.47. The van der Waals surface area contributed by atoms with Gasteiger partial charge in [-0.1, -0.05) is 270 Å². The van der Waals surface area contributed by atoms with Crippen molar-refractivity contribution in [3.63, 3.8) is 0 Å². The molecule has 0 radical (unpaired) electrons. The van der Waals surface area contributed by atoms with Crippen LogP contribution in [0.1, 0.15) is 49.9 Å². The van der Waals surface area contributed by atoms with Crippen molar-refractivity contribution in [1.82, 2.24) is 18.3 Å². The largest absolute Gasteiger partial charge is 0.309 e. The van der Waals surface area contributed by atoms with Crippen LogP contribution in [-0.2, 0) is 10.8 Å². The first-order valence-corrected chi connectivity index (χ1v) is 37.0. The van der Waals surface area contributed by atoms with E-state index in [1.807, 2.05) is 0 Å². The van der Waals surface area contributed by atoms with Crippen LogP contribution in [0.3, 0.4) is 0 Å². The number of fused-ring (bicyclic) bond motifs is 18. The van der Waals surface area contributed by atoms with Gasteiger partial charge in [-0.25, -0.2) is 0 Å². The molecule has 22 rings (SSSR count). The number of benzene rings is 16. The zero-order valence-corrected chi connectivity index (χ0v) is 59.4. The minimum Gasteiger partial charge on any atom is -0.309 e. The number of aromatic nitrogens is 4. The number of para-hydroxylation sites is 4. The van der Waals surface area contributed by atoms with E-state index < -0.39 is 0 Å². The van der Waals surface area contributed by atoms with Crippen LogP contribution >= 0.6 is 0 Å². The highest BCUT2D eigenvalue weighted by Gasteiger charge is 2.38. The van der Waals surface area contributed by atoms with Crippen molar-refractivity contribution in [2.24, 2.45) is 0 Å². The molecule has 0 N–H and O–H groups in total. The Morgan fingerprint density at radius 3 is 0.887 bits per heavy atom. The zero-order chi connectivity index (χ0) is 70.5. The molecule has 0 atom stereocenters. The van der Waals surface area contributed by atoms with E-state index in [1.165, 1.54) is 199 Å². The summed E-state index contributed by atoms with van der Waals surface area (Å²) in [6.07, 6.45) is 0. The number of nitrogens with zero attached hydrogens (tertiary/aromatic N) is 4. The standard InChI is InChI=1S/C57H40N2.C45H32N2/c1-57(2)51-19-11-9-17-45(51)47-35-50-49-34-42(28-32-55(49)59(56(50)36-52(47)57)44-29-25-38(26-30-44)37-13-5-3-6-14-37)40-23-21-39(22-24-40)41-27-31-54-48(33-41)46-18-10-12-20-53(46)58(54)43-15-7-4-8-16-43;1-45(2)39-17-9-6-14-33(39)36-27-38-37-26-32(47-41-18-10-7-15-34(41)35-16-8-11-19-42(35)47)24-25-43(37)46(44(38)28-40(36)45)31-22-20-30(21-23-31)29-12-4-3-5-13-29/h3-36H,1-2H3;3-28H,1-2H3. The Morgan fingerprint density at radius 2 is 0.434 bits per heavy atom. The van der Waals surface area contributed by atoms with Crippen molar-refractivity contribution in [2.45, 2.75) is 38.5 Å². The lowest BCUT2D eigenvalue weighted by Gasteiger charge is -2.21. The Balaban J connectivity index is 0.000000140. The molecule has 0 bridgehead atoms. The fourth-order valence-electron chi connectivity index (χ4n) is 18.2. The average Bonchev–Trinajstić information content (AvgIpc) is 1.55. The predicted octanol–water partition coefficient (Wildman–Crippen LogP) is 27.0. The number of hydrogen-bond donors (Lipinski definition) is 0. The molecular formula is C102H72N4. The molecule has 20 aromatic rings. The highest BCUT2D eigenvalue weighted by molar-refractivity contribution is 6.16. The van der Waals surface area contributed by atoms with Gasteiger partial charge in [-0.3, -0.25) is 0 Å². The molecule has 4 nitrogen and oxygen atoms in total. The van der Waals surface area contributed by atoms with E-state index in [1.54, 1.807) is 0 Å². The Labute approximate surface area is 615 Å². The number of hydrogen-bond acceptors (Lipinski definition) is 0. The van der Waals surface area contributed by atoms with E-state index >= 15 is 0 Å². The fourth-order valence-corrected chi connectivity index (χ4v) is 18.2. The first kappa shape index (κ1) is 61.4. The van der Waals surface area contributed by atoms with Crippen molar-refractivity contribution in [3.8, 4) is 89.5 Å². The Kier molecular flexibility index (Phi) is 13.7. The van der Waals surface area contributed by atoms with Crippen molar-refractivity contribution in [1.29, 1.82) is 0 Å². The van der Waals surface area contributed by atoms with Crippen molar-refractivity contribution < 1.29 is 0 Å². The van der Waals surface area contributed by atoms with Crippen LogP contribution in [0.15, 0.2) is 364 Å². The van der Waals surface area contributed by atoms with Crippen LogP contribution in [-0.4, -0.2) is 18.3 Å². The molecule has 500 valence electrons. The van der Waals surface area contributed by atoms with Gasteiger partial charge in [0.15, 0.2) is 0 Å². The lowest BCUT2D eigenvalue weighted by Crippen LogP contribution is -2.14. The third-order valence-corrected chi connectivity index (χ3v) is 23.5. The van der Waals surface area contributed by atoms with Crippen LogP contribution in [0, 0.1) is 0 Å². The van der Waals surface area contributed by atoms with Gasteiger partial charge in [0.05, 0.1) is 44.1 Å². The minimum absolute atomic E-state index is 0.0767. The Hall–Kier alpha value is -13.3. The van der Waals surface area contributed by atoms with Gasteiger partial charge < -0.3 is 18.3 Å². The number of rotatable bonds is 8. The summed E-state index contributed by atoms with van der Waals surface area (Å²) in [5.74, 6) is 0. The molecule has 106 heavy (non-hydrogen) atoms. The Morgan fingerprint density at radius 1 is 0.160 bits per heavy atom. The molecule has 0 fully saturated rings. The van der Waals surface area contributed by atoms with Crippen LogP contribution in [0.25, 0.3) is 177 Å². The summed E-state index contributed by atoms with van der Waals surface area (Å²) in [4.78, 5) is 0. The molecule has 2 aliphatic rings. The predicted molar refractivity (Wildman–Crippen MR) is 447 cm³/mol. The van der Waals surface area contributed by atoms with Gasteiger partial charge in [-0.05, 0) is 210 Å². The zero-order valence-electron chi connectivity index (χ0n) is 59.4. The summed E-state index contributed by atoms with van der Waals surface area (Å²) in [6, 6.07) is 134. The van der Waals surface area contributed by atoms with E-state index in [0.29, 0.717) is 0 Å². The second kappa shape index (κ2) is 23.6. The quantitative estimate of drug-likeness (QED) is 0.144. The normalized spacial score (nSPS) is 13.2. The van der Waals surface area contributed by atoms with Gasteiger partial charge in [-0.2, -0.15) is 0 Å². The van der Waals surface area contributed by atoms with E-state index in [2.05, 4.69) is 410 Å². The van der Waals surface area contributed by atoms with Crippen molar-refractivity contribution >= 4 is 87.2 Å². The third kappa shape index (κ3) is 9.40. The minimum atomic E-state index is -0.0883. The van der Waals surface area contributed by atoms with Gasteiger partial charge in [0.25, 0.3) is 0 Å². The van der Waals surface area contributed by atoms with Crippen LogP contribution in [0.5, 0.6) is 0 Å². The molecule has 2 aliphatic carbocycles. The lowest BCUT2D eigenvalue weighted by molar-refractivity contribution is 0.661. The molecule has 0 saturated heterocycles. The topological polar surface area (TPSA) is 19.7 Å². The molecule has 4 heteroatoms. The van der Waals surface area contributed by atoms with Crippen LogP contribution in [0.4, 0.5) is 0 Å². The summed E-state index contributed by atoms with van der Waals surface area (Å²) in [5.41, 5.74) is 35.0. The molecule has 0 saturated carbocycles. The van der Waals surface area contributed by atoms with E-state index in [-0.39, 0.29) is 10.8 Å². The first-order valence-electron chi connectivity index (χ1n) is 37.0. The van der Waals surface area contributed by atoms with Gasteiger partial charge in [0.1, 0.15) is 0 Å². The van der Waals surface area contributed by atoms with Gasteiger partial charge in [-0.15, -0.1) is 0 Å². The maximum absolute atomic E-state index is 2.47. The molecule has 4 heterocycles. The SMILES string of the molecule is CC1(C)c2ccccc2-c2cc3c4cc(-c5ccc(-c6ccc7c(c6)c6ccccc6n7-c6ccccc6)cc5)ccc4n(-c4ccc(-c5ccccc5)cc4)c3cc21.CC1(C)c2ccccc2-c2cc3c4cc(-n5c6ccccc6c6ccccc65)ccc4n(-c4ccc(-c5ccccc5)cc4)c3cc21. The molecule has 0 amide bonds. The smallest absolute Gasteiger partial charge is 0.0544 e. The summed E-state index contributed by atoms with van der Waals surface area (Å²) in [7, 11) is 0. The molecule has 4 aromatic heterocycles. The summed E-state index contributed by atoms with van der Waals surface area (Å²) in [5, 5.41) is 10.2. The van der Waals surface area contributed by atoms with Gasteiger partial charge >= 0.3 is 0 Å². The van der Waals surface area contributed by atoms with Crippen LogP contribution in [0.2, 0.25) is 0 Å². The molecule has 16 aromatic carbocycles. The lowest BCUT2D eigenvalue weighted by atomic mass is 9.82. The fraction of sp³-hybridized carbons (Fsp3) is 0.0588. The summed E-state index contributed by atoms with van der Waals surface area (Å²) < 4.78 is 9.73. The third-order valence-electron chi connectivity index (χ3n) is 23.5. The summed E-state index contributed by atoms with van der Waals surface area (Å²) >= 11 is 0. The highest BCUT2D eigenvalue weighted by Crippen LogP contribution is 2.54. The maximum Gasteiger partial charge on any atom is 0.0544 e. The van der Waals surface area contributed by atoms with Crippen molar-refractivity contribution in [2.75, 3.05) is 0 Å². The monoisotopic (exact) mass is 1350 g/mol. The molecular weight excluding hydrogens is 1280 g/mol. The van der Waals surface area contributed by atoms with Gasteiger partial charge in [0.2, 0.25) is 0 Å². The molecule has 0 unspecified atom stereocenters. The average molecular weight is 1350 g/mol. The first-order chi connectivity index (χ1) is 52.1. The van der Waals surface area contributed by atoms with Gasteiger partial charge in [0, 0.05) is 76.7 Å². The second-order valence-corrected chi connectivity index (χ2v) is 30.0. The van der Waals surface area contributed by atoms with Crippen LogP contribution < -0.4 is 0 Å². The van der Waals surface area contributed by atoms with E-state index in [0.717, 1.165) is 0 Å². The van der Waals surface area contributed by atoms with E-state index in [9.17, 15) is 0 Å². The molecule has 0 spiro atoms. The second-order valence-electron chi connectivity index (χ2n) is 30.0. The van der Waals surface area contributed by atoms with Crippen molar-refractivity contribution in [3.05, 3.63) is 386 Å². The summed E-state index contributed by atoms with van der Waals surface area (Å²) in [6.45, 7) is 9.47. The van der Waals surface area contributed by atoms with E-state index in [4.69, 9.17) is 0 Å². The molecule has 0 aliphatic heterocycles. The Bertz CT molecular complexity index is 6890. The highest BCUT2D eigenvalue weighted by atomic mass is 15.0.